The van der Waals surface area contributed by atoms with Crippen LogP contribution in [0, 0.1) is 11.2 Å². The first-order valence-corrected chi connectivity index (χ1v) is 6.45. The van der Waals surface area contributed by atoms with Crippen LogP contribution in [0.25, 0.3) is 0 Å². The first-order chi connectivity index (χ1) is 9.35. The molecule has 108 valence electrons. The highest BCUT2D eigenvalue weighted by molar-refractivity contribution is 5.86. The molecule has 2 atom stereocenters. The summed E-state index contributed by atoms with van der Waals surface area (Å²) in [4.78, 5) is 17.5. The van der Waals surface area contributed by atoms with Gasteiger partial charge in [-0.2, -0.15) is 0 Å². The Kier molecular flexibility index (Phi) is 2.83. The molecule has 2 fully saturated rings. The van der Waals surface area contributed by atoms with Gasteiger partial charge in [-0.1, -0.05) is 12.1 Å². The summed E-state index contributed by atoms with van der Waals surface area (Å²) >= 11 is 0. The van der Waals surface area contributed by atoms with Crippen LogP contribution in [0.5, 0.6) is 0 Å². The van der Waals surface area contributed by atoms with Gasteiger partial charge in [0.05, 0.1) is 12.6 Å². The van der Waals surface area contributed by atoms with Crippen molar-refractivity contribution in [2.45, 2.75) is 31.7 Å². The number of carbonyl (C=O) groups is 1. The monoisotopic (exact) mass is 285 g/mol. The van der Waals surface area contributed by atoms with Crippen LogP contribution < -0.4 is 0 Å². The molecular weight excluding hydrogens is 271 g/mol. The Bertz CT molecular complexity index is 546. The number of benzene rings is 1. The molecule has 3 rings (SSSR count). The molecule has 0 unspecified atom stereocenters. The Hall–Kier alpha value is -1.56. The second kappa shape index (κ2) is 4.22. The van der Waals surface area contributed by atoms with E-state index in [1.165, 1.54) is 19.1 Å². The van der Waals surface area contributed by atoms with Crippen molar-refractivity contribution in [3.63, 3.8) is 0 Å². The molecule has 0 aromatic heterocycles. The summed E-state index contributed by atoms with van der Waals surface area (Å²) in [5, 5.41) is 1.04. The van der Waals surface area contributed by atoms with Crippen LogP contribution in [-0.2, 0) is 9.63 Å². The Morgan fingerprint density at radius 1 is 1.35 bits per heavy atom. The summed E-state index contributed by atoms with van der Waals surface area (Å²) in [6.07, 6.45) is 0.0633. The number of hydroxylamine groups is 2. The zero-order valence-corrected chi connectivity index (χ0v) is 10.9. The summed E-state index contributed by atoms with van der Waals surface area (Å²) in [7, 11) is 0. The van der Waals surface area contributed by atoms with Crippen LogP contribution in [-0.4, -0.2) is 23.5 Å². The minimum absolute atomic E-state index is 0.287. The summed E-state index contributed by atoms with van der Waals surface area (Å²) in [5.41, 5.74) is -0.986. The van der Waals surface area contributed by atoms with Gasteiger partial charge in [-0.15, -0.1) is 0 Å². The van der Waals surface area contributed by atoms with Gasteiger partial charge in [0.25, 0.3) is 11.8 Å². The van der Waals surface area contributed by atoms with Crippen LogP contribution in [0.4, 0.5) is 13.2 Å². The number of hydrogen-bond donors (Lipinski definition) is 0. The number of nitrogens with zero attached hydrogens (tertiary/aromatic N) is 1. The molecule has 2 aliphatic rings. The molecule has 1 aliphatic carbocycles. The predicted molar refractivity (Wildman–Crippen MR) is 64.2 cm³/mol. The maximum absolute atomic E-state index is 13.3. The van der Waals surface area contributed by atoms with Crippen molar-refractivity contribution in [2.75, 3.05) is 6.61 Å². The van der Waals surface area contributed by atoms with Gasteiger partial charge >= 0.3 is 0 Å². The van der Waals surface area contributed by atoms with E-state index in [0.29, 0.717) is 12.0 Å². The summed E-state index contributed by atoms with van der Waals surface area (Å²) in [5.74, 6) is -4.05. The first kappa shape index (κ1) is 13.4. The van der Waals surface area contributed by atoms with Crippen molar-refractivity contribution in [1.29, 1.82) is 0 Å². The van der Waals surface area contributed by atoms with Crippen LogP contribution >= 0.6 is 0 Å². The molecule has 0 N–H and O–H groups in total. The van der Waals surface area contributed by atoms with Crippen molar-refractivity contribution in [1.82, 2.24) is 5.06 Å². The molecule has 1 aromatic rings. The molecule has 6 heteroatoms. The zero-order chi connectivity index (χ0) is 14.5. The van der Waals surface area contributed by atoms with E-state index in [0.717, 1.165) is 5.06 Å². The molecule has 1 amide bonds. The molecule has 1 aliphatic heterocycles. The summed E-state index contributed by atoms with van der Waals surface area (Å²) < 4.78 is 39.5. The maximum Gasteiger partial charge on any atom is 0.263 e. The lowest BCUT2D eigenvalue weighted by atomic mass is 10.0. The van der Waals surface area contributed by atoms with Crippen LogP contribution in [0.3, 0.4) is 0 Å². The van der Waals surface area contributed by atoms with E-state index in [-0.39, 0.29) is 12.4 Å². The number of amides is 1. The van der Waals surface area contributed by atoms with Crippen molar-refractivity contribution in [2.24, 2.45) is 5.41 Å². The average Bonchev–Trinajstić information content (AvgIpc) is 2.80. The fraction of sp³-hybridized carbons (Fsp3) is 0.500. The molecule has 0 bridgehead atoms. The zero-order valence-electron chi connectivity index (χ0n) is 10.9. The molecular formula is C14H14F3NO2. The number of halogens is 3. The smallest absolute Gasteiger partial charge is 0.263 e. The summed E-state index contributed by atoms with van der Waals surface area (Å²) in [6.45, 7) is 1.54. The SMILES string of the molecule is C[C@@]1(C(=O)N2OCC[C@H]2c2ccc(F)cc2)CC1(F)F. The standard InChI is InChI=1S/C14H14F3NO2/c1-13(8-14(13,16)17)12(19)18-11(6-7-20-18)9-2-4-10(15)5-3-9/h2-5,11H,6-8H2,1H3/t11-,13-/m0/s1. The van der Waals surface area contributed by atoms with Crippen molar-refractivity contribution >= 4 is 5.91 Å². The lowest BCUT2D eigenvalue weighted by Gasteiger charge is -2.25. The predicted octanol–water partition coefficient (Wildman–Crippen LogP) is 3.08. The number of alkyl halides is 2. The molecule has 1 aromatic carbocycles. The minimum Gasteiger partial charge on any atom is -0.272 e. The normalized spacial score (nSPS) is 31.4. The van der Waals surface area contributed by atoms with Crippen LogP contribution in [0.2, 0.25) is 0 Å². The van der Waals surface area contributed by atoms with E-state index < -0.39 is 29.7 Å². The topological polar surface area (TPSA) is 29.5 Å². The fourth-order valence-corrected chi connectivity index (χ4v) is 2.53. The van der Waals surface area contributed by atoms with Crippen molar-refractivity contribution in [3.05, 3.63) is 35.6 Å². The molecule has 0 radical (unpaired) electrons. The van der Waals surface area contributed by atoms with Crippen molar-refractivity contribution < 1.29 is 22.8 Å². The third-order valence-corrected chi connectivity index (χ3v) is 4.09. The molecule has 1 saturated heterocycles. The minimum atomic E-state index is -2.97. The highest BCUT2D eigenvalue weighted by Gasteiger charge is 2.74. The van der Waals surface area contributed by atoms with Gasteiger partial charge < -0.3 is 0 Å². The molecule has 1 saturated carbocycles. The van der Waals surface area contributed by atoms with E-state index in [4.69, 9.17) is 4.84 Å². The van der Waals surface area contributed by atoms with Gasteiger partial charge in [0.15, 0.2) is 0 Å². The van der Waals surface area contributed by atoms with Gasteiger partial charge in [-0.3, -0.25) is 9.63 Å². The second-order valence-corrected chi connectivity index (χ2v) is 5.53. The number of rotatable bonds is 2. The highest BCUT2D eigenvalue weighted by atomic mass is 19.3. The van der Waals surface area contributed by atoms with Crippen molar-refractivity contribution in [3.8, 4) is 0 Å². The fourth-order valence-electron chi connectivity index (χ4n) is 2.53. The van der Waals surface area contributed by atoms with E-state index in [1.54, 1.807) is 12.1 Å². The Labute approximate surface area is 114 Å². The van der Waals surface area contributed by atoms with Gasteiger partial charge in [0.1, 0.15) is 11.2 Å². The van der Waals surface area contributed by atoms with Gasteiger partial charge in [-0.05, 0) is 24.6 Å². The molecule has 20 heavy (non-hydrogen) atoms. The average molecular weight is 285 g/mol. The number of carbonyl (C=O) groups excluding carboxylic acids is 1. The summed E-state index contributed by atoms with van der Waals surface area (Å²) in [6, 6.07) is 5.22. The number of hydrogen-bond acceptors (Lipinski definition) is 2. The Balaban J connectivity index is 1.83. The largest absolute Gasteiger partial charge is 0.272 e. The van der Waals surface area contributed by atoms with Gasteiger partial charge in [0.2, 0.25) is 0 Å². The molecule has 3 nitrogen and oxygen atoms in total. The van der Waals surface area contributed by atoms with Gasteiger partial charge in [-0.25, -0.2) is 18.2 Å². The molecule has 1 heterocycles. The third kappa shape index (κ3) is 1.90. The van der Waals surface area contributed by atoms with E-state index in [9.17, 15) is 18.0 Å². The molecule has 0 spiro atoms. The lowest BCUT2D eigenvalue weighted by Crippen LogP contribution is -2.37. The van der Waals surface area contributed by atoms with Crippen LogP contribution in [0.15, 0.2) is 24.3 Å². The third-order valence-electron chi connectivity index (χ3n) is 4.09. The van der Waals surface area contributed by atoms with E-state index >= 15 is 0 Å². The van der Waals surface area contributed by atoms with Crippen LogP contribution in [0.1, 0.15) is 31.4 Å². The van der Waals surface area contributed by atoms with Gasteiger partial charge in [0, 0.05) is 12.8 Å². The quantitative estimate of drug-likeness (QED) is 0.835. The van der Waals surface area contributed by atoms with E-state index in [1.807, 2.05) is 0 Å². The first-order valence-electron chi connectivity index (χ1n) is 6.45. The maximum atomic E-state index is 13.3. The Morgan fingerprint density at radius 3 is 2.50 bits per heavy atom. The lowest BCUT2D eigenvalue weighted by molar-refractivity contribution is -0.186. The Morgan fingerprint density at radius 2 is 1.95 bits per heavy atom. The highest BCUT2D eigenvalue weighted by Crippen LogP contribution is 2.61. The second-order valence-electron chi connectivity index (χ2n) is 5.53. The van der Waals surface area contributed by atoms with E-state index in [2.05, 4.69) is 0 Å².